The van der Waals surface area contributed by atoms with Crippen molar-refractivity contribution in [2.24, 2.45) is 5.10 Å². The zero-order chi connectivity index (χ0) is 21.9. The van der Waals surface area contributed by atoms with Crippen molar-refractivity contribution in [2.75, 3.05) is 18.9 Å². The summed E-state index contributed by atoms with van der Waals surface area (Å²) in [6, 6.07) is 15.6. The van der Waals surface area contributed by atoms with Crippen LogP contribution in [-0.4, -0.2) is 35.5 Å². The molecule has 0 aliphatic rings. The van der Waals surface area contributed by atoms with Gasteiger partial charge in [0.2, 0.25) is 11.0 Å². The van der Waals surface area contributed by atoms with Crippen LogP contribution in [0.4, 0.5) is 5.13 Å². The van der Waals surface area contributed by atoms with E-state index >= 15 is 0 Å². The van der Waals surface area contributed by atoms with Crippen molar-refractivity contribution >= 4 is 28.6 Å². The highest BCUT2D eigenvalue weighted by molar-refractivity contribution is 7.15. The summed E-state index contributed by atoms with van der Waals surface area (Å²) in [6.07, 6.45) is 3.38. The monoisotopic (exact) mass is 439 g/mol. The quantitative estimate of drug-likeness (QED) is 0.270. The first kappa shape index (κ1) is 22.2. The summed E-state index contributed by atoms with van der Waals surface area (Å²) in [4.78, 5) is 11.9. The Kier molecular flexibility index (Phi) is 8.36. The van der Waals surface area contributed by atoms with E-state index in [9.17, 15) is 4.79 Å². The average molecular weight is 440 g/mol. The molecule has 31 heavy (non-hydrogen) atoms. The van der Waals surface area contributed by atoms with Crippen molar-refractivity contribution in [3.8, 4) is 11.5 Å². The number of nitrogens with one attached hydrogen (secondary N) is 1. The van der Waals surface area contributed by atoms with Gasteiger partial charge >= 0.3 is 0 Å². The van der Waals surface area contributed by atoms with Crippen LogP contribution in [0.2, 0.25) is 0 Å². The minimum Gasteiger partial charge on any atom is -0.493 e. The third-order valence-electron chi connectivity index (χ3n) is 4.25. The van der Waals surface area contributed by atoms with Crippen LogP contribution in [0.25, 0.3) is 0 Å². The maximum atomic E-state index is 11.9. The molecule has 9 heteroatoms. The second-order valence-corrected chi connectivity index (χ2v) is 7.68. The number of para-hydroxylation sites is 1. The first-order valence-corrected chi connectivity index (χ1v) is 10.8. The molecule has 8 nitrogen and oxygen atoms in total. The van der Waals surface area contributed by atoms with Gasteiger partial charge in [0.25, 0.3) is 0 Å². The molecule has 0 aliphatic heterocycles. The number of hydrogen-bond donors (Lipinski definition) is 2. The van der Waals surface area contributed by atoms with Gasteiger partial charge in [-0.05, 0) is 36.2 Å². The predicted octanol–water partition coefficient (Wildman–Crippen LogP) is 3.22. The van der Waals surface area contributed by atoms with E-state index in [-0.39, 0.29) is 12.3 Å². The summed E-state index contributed by atoms with van der Waals surface area (Å²) >= 11 is 1.17. The molecule has 1 amide bonds. The SMILES string of the molecule is CCc1ccc(OCCCOc2ccccc2/C=N/NC(=O)Cc2nnc(N)s2)cc1. The number of anilines is 1. The maximum absolute atomic E-state index is 11.9. The third-order valence-corrected chi connectivity index (χ3v) is 5.01. The van der Waals surface area contributed by atoms with E-state index in [2.05, 4.69) is 39.8 Å². The van der Waals surface area contributed by atoms with Crippen LogP contribution in [-0.2, 0) is 17.6 Å². The molecule has 0 atom stereocenters. The molecule has 0 bridgehead atoms. The summed E-state index contributed by atoms with van der Waals surface area (Å²) < 4.78 is 11.6. The minimum absolute atomic E-state index is 0.0749. The number of nitrogen functional groups attached to an aromatic ring is 1. The summed E-state index contributed by atoms with van der Waals surface area (Å²) in [5, 5.41) is 12.4. The van der Waals surface area contributed by atoms with Crippen LogP contribution >= 0.6 is 11.3 Å². The van der Waals surface area contributed by atoms with Crippen LogP contribution in [0.15, 0.2) is 53.6 Å². The topological polar surface area (TPSA) is 112 Å². The fourth-order valence-corrected chi connectivity index (χ4v) is 3.27. The summed E-state index contributed by atoms with van der Waals surface area (Å²) in [5.74, 6) is 1.25. The van der Waals surface area contributed by atoms with E-state index in [1.807, 2.05) is 36.4 Å². The number of hydrazone groups is 1. The predicted molar refractivity (Wildman–Crippen MR) is 122 cm³/mol. The van der Waals surface area contributed by atoms with Crippen LogP contribution in [0.1, 0.15) is 29.5 Å². The number of aryl methyl sites for hydroxylation is 1. The number of aromatic nitrogens is 2. The molecule has 0 spiro atoms. The second kappa shape index (κ2) is 11.7. The molecule has 162 valence electrons. The Morgan fingerprint density at radius 1 is 1.13 bits per heavy atom. The van der Waals surface area contributed by atoms with Gasteiger partial charge in [-0.1, -0.05) is 42.5 Å². The Balaban J connectivity index is 1.41. The lowest BCUT2D eigenvalue weighted by molar-refractivity contribution is -0.120. The highest BCUT2D eigenvalue weighted by atomic mass is 32.1. The molecule has 3 aromatic rings. The van der Waals surface area contributed by atoms with E-state index in [0.29, 0.717) is 29.1 Å². The van der Waals surface area contributed by atoms with Gasteiger partial charge in [0.05, 0.1) is 25.8 Å². The van der Waals surface area contributed by atoms with Crippen molar-refractivity contribution in [3.05, 3.63) is 64.7 Å². The normalized spacial score (nSPS) is 10.9. The van der Waals surface area contributed by atoms with E-state index < -0.39 is 0 Å². The molecular weight excluding hydrogens is 414 g/mol. The van der Waals surface area contributed by atoms with E-state index in [4.69, 9.17) is 15.2 Å². The third kappa shape index (κ3) is 7.38. The Morgan fingerprint density at radius 2 is 1.90 bits per heavy atom. The Morgan fingerprint density at radius 3 is 2.65 bits per heavy atom. The summed E-state index contributed by atoms with van der Waals surface area (Å²) in [5.41, 5.74) is 10.0. The Bertz CT molecular complexity index is 1000. The van der Waals surface area contributed by atoms with E-state index in [1.165, 1.54) is 16.9 Å². The highest BCUT2D eigenvalue weighted by Gasteiger charge is 2.07. The number of carbonyl (C=O) groups excluding carboxylic acids is 1. The molecule has 0 saturated carbocycles. The molecule has 0 aliphatic carbocycles. The van der Waals surface area contributed by atoms with Crippen LogP contribution < -0.4 is 20.6 Å². The van der Waals surface area contributed by atoms with E-state index in [1.54, 1.807) is 6.21 Å². The van der Waals surface area contributed by atoms with Gasteiger partial charge in [-0.2, -0.15) is 5.10 Å². The van der Waals surface area contributed by atoms with Gasteiger partial charge in [-0.25, -0.2) is 5.43 Å². The summed E-state index contributed by atoms with van der Waals surface area (Å²) in [7, 11) is 0. The van der Waals surface area contributed by atoms with Gasteiger partial charge in [0, 0.05) is 12.0 Å². The smallest absolute Gasteiger partial charge is 0.247 e. The first-order valence-electron chi connectivity index (χ1n) is 9.97. The molecule has 0 fully saturated rings. The number of amides is 1. The average Bonchev–Trinajstić information content (AvgIpc) is 3.19. The largest absolute Gasteiger partial charge is 0.493 e. The number of ether oxygens (including phenoxy) is 2. The highest BCUT2D eigenvalue weighted by Crippen LogP contribution is 2.17. The van der Waals surface area contributed by atoms with Crippen molar-refractivity contribution in [2.45, 2.75) is 26.2 Å². The molecule has 0 unspecified atom stereocenters. The van der Waals surface area contributed by atoms with Gasteiger partial charge < -0.3 is 15.2 Å². The maximum Gasteiger partial charge on any atom is 0.247 e. The number of carbonyl (C=O) groups is 1. The number of benzene rings is 2. The lowest BCUT2D eigenvalue weighted by Gasteiger charge is -2.10. The zero-order valence-corrected chi connectivity index (χ0v) is 18.1. The molecular formula is C22H25N5O3S. The van der Waals surface area contributed by atoms with Gasteiger partial charge in [-0.3, -0.25) is 4.79 Å². The van der Waals surface area contributed by atoms with Gasteiger partial charge in [-0.15, -0.1) is 10.2 Å². The van der Waals surface area contributed by atoms with Crippen molar-refractivity contribution in [1.29, 1.82) is 0 Å². The molecule has 3 N–H and O–H groups in total. The molecule has 1 aromatic heterocycles. The van der Waals surface area contributed by atoms with Crippen LogP contribution in [0.3, 0.4) is 0 Å². The van der Waals surface area contributed by atoms with Gasteiger partial charge in [0.1, 0.15) is 16.5 Å². The van der Waals surface area contributed by atoms with Crippen LogP contribution in [0, 0.1) is 0 Å². The lowest BCUT2D eigenvalue weighted by Crippen LogP contribution is -2.19. The Labute approximate surface area is 185 Å². The van der Waals surface area contributed by atoms with Crippen molar-refractivity contribution in [3.63, 3.8) is 0 Å². The summed E-state index contributed by atoms with van der Waals surface area (Å²) in [6.45, 7) is 3.19. The molecule has 3 rings (SSSR count). The van der Waals surface area contributed by atoms with Crippen molar-refractivity contribution < 1.29 is 14.3 Å². The molecule has 2 aromatic carbocycles. The molecule has 1 heterocycles. The molecule has 0 saturated heterocycles. The fraction of sp³-hybridized carbons (Fsp3) is 0.273. The lowest BCUT2D eigenvalue weighted by atomic mass is 10.2. The number of nitrogens with two attached hydrogens (primary N) is 1. The van der Waals surface area contributed by atoms with Crippen molar-refractivity contribution in [1.82, 2.24) is 15.6 Å². The number of hydrogen-bond acceptors (Lipinski definition) is 8. The minimum atomic E-state index is -0.296. The zero-order valence-electron chi connectivity index (χ0n) is 17.3. The standard InChI is InChI=1S/C22H25N5O3S/c1-2-16-8-10-18(11-9-16)29-12-5-13-30-19-7-4-3-6-17(19)15-24-25-20(28)14-21-26-27-22(23)31-21/h3-4,6-11,15H,2,5,12-14H2,1H3,(H2,23,27)(H,25,28)/b24-15+. The molecule has 0 radical (unpaired) electrons. The van der Waals surface area contributed by atoms with Gasteiger partial charge in [0.15, 0.2) is 0 Å². The fourth-order valence-electron chi connectivity index (χ4n) is 2.66. The number of rotatable bonds is 11. The van der Waals surface area contributed by atoms with E-state index in [0.717, 1.165) is 24.2 Å². The Hall–Kier alpha value is -3.46. The first-order chi connectivity index (χ1) is 15.1. The number of nitrogens with zero attached hydrogens (tertiary/aromatic N) is 3. The second-order valence-electron chi connectivity index (χ2n) is 6.59. The van der Waals surface area contributed by atoms with Crippen LogP contribution in [0.5, 0.6) is 11.5 Å².